The summed E-state index contributed by atoms with van der Waals surface area (Å²) in [5, 5.41) is 4.29. The Morgan fingerprint density at radius 3 is 2.35 bits per heavy atom. The van der Waals surface area contributed by atoms with E-state index in [1.807, 2.05) is 0 Å². The number of nitrogens with one attached hydrogen (secondary N) is 1. The fourth-order valence-corrected chi connectivity index (χ4v) is 2.75. The summed E-state index contributed by atoms with van der Waals surface area (Å²) in [5.41, 5.74) is 0. The standard InChI is InChI=1S/C14H28N2S/c1-5-12-6-8-13(9-7-12)16(4)14(17)15-10-11(2)3/h11-13H,5-10H2,1-4H3,(H,15,17). The van der Waals surface area contributed by atoms with Gasteiger partial charge in [-0.15, -0.1) is 0 Å². The van der Waals surface area contributed by atoms with Crippen molar-refractivity contribution in [3.63, 3.8) is 0 Å². The van der Waals surface area contributed by atoms with Gasteiger partial charge in [-0.1, -0.05) is 27.2 Å². The Labute approximate surface area is 112 Å². The summed E-state index contributed by atoms with van der Waals surface area (Å²) < 4.78 is 0. The summed E-state index contributed by atoms with van der Waals surface area (Å²) in [4.78, 5) is 2.28. The first kappa shape index (κ1) is 14.7. The summed E-state index contributed by atoms with van der Waals surface area (Å²) in [6.45, 7) is 7.71. The summed E-state index contributed by atoms with van der Waals surface area (Å²) in [5.74, 6) is 1.61. The van der Waals surface area contributed by atoms with Gasteiger partial charge in [0, 0.05) is 19.6 Å². The van der Waals surface area contributed by atoms with Crippen molar-refractivity contribution in [2.24, 2.45) is 11.8 Å². The molecule has 0 radical (unpaired) electrons. The average molecular weight is 256 g/mol. The number of hydrogen-bond acceptors (Lipinski definition) is 1. The van der Waals surface area contributed by atoms with Crippen LogP contribution in [0.1, 0.15) is 52.9 Å². The molecule has 1 saturated carbocycles. The van der Waals surface area contributed by atoms with Gasteiger partial charge in [0.15, 0.2) is 5.11 Å². The SMILES string of the molecule is CCC1CCC(N(C)C(=S)NCC(C)C)CC1. The monoisotopic (exact) mass is 256 g/mol. The molecule has 0 aromatic heterocycles. The van der Waals surface area contributed by atoms with Crippen molar-refractivity contribution >= 4 is 17.3 Å². The molecule has 0 spiro atoms. The maximum Gasteiger partial charge on any atom is 0.168 e. The second-order valence-electron chi connectivity index (χ2n) is 5.77. The first-order chi connectivity index (χ1) is 8.04. The van der Waals surface area contributed by atoms with Crippen LogP contribution in [0.25, 0.3) is 0 Å². The molecule has 1 aliphatic rings. The molecule has 0 unspecified atom stereocenters. The van der Waals surface area contributed by atoms with Crippen LogP contribution in [0, 0.1) is 11.8 Å². The predicted octanol–water partition coefficient (Wildman–Crippen LogP) is 3.42. The molecule has 100 valence electrons. The third kappa shape index (κ3) is 4.82. The van der Waals surface area contributed by atoms with E-state index in [9.17, 15) is 0 Å². The first-order valence-corrected chi connectivity index (χ1v) is 7.46. The zero-order valence-electron chi connectivity index (χ0n) is 11.8. The number of rotatable bonds is 4. The van der Waals surface area contributed by atoms with E-state index in [2.05, 4.69) is 38.0 Å². The van der Waals surface area contributed by atoms with Crippen LogP contribution in [0.5, 0.6) is 0 Å². The molecule has 0 atom stereocenters. The summed E-state index contributed by atoms with van der Waals surface area (Å²) in [6.07, 6.45) is 6.69. The van der Waals surface area contributed by atoms with Crippen LogP contribution in [0.15, 0.2) is 0 Å². The zero-order chi connectivity index (χ0) is 12.8. The van der Waals surface area contributed by atoms with E-state index in [0.29, 0.717) is 12.0 Å². The molecule has 3 heteroatoms. The fourth-order valence-electron chi connectivity index (χ4n) is 2.52. The molecule has 0 aliphatic heterocycles. The molecule has 0 bridgehead atoms. The molecule has 0 saturated heterocycles. The summed E-state index contributed by atoms with van der Waals surface area (Å²) in [6, 6.07) is 0.657. The van der Waals surface area contributed by atoms with Crippen molar-refractivity contribution in [2.75, 3.05) is 13.6 Å². The number of thiocarbonyl (C=S) groups is 1. The Balaban J connectivity index is 2.32. The molecule has 1 fully saturated rings. The number of hydrogen-bond donors (Lipinski definition) is 1. The van der Waals surface area contributed by atoms with E-state index in [-0.39, 0.29) is 0 Å². The molecule has 1 N–H and O–H groups in total. The maximum atomic E-state index is 5.45. The molecule has 0 aromatic rings. The van der Waals surface area contributed by atoms with Crippen LogP contribution in [-0.4, -0.2) is 29.6 Å². The Morgan fingerprint density at radius 1 is 1.29 bits per heavy atom. The van der Waals surface area contributed by atoms with E-state index in [0.717, 1.165) is 17.6 Å². The molecule has 0 amide bonds. The molecule has 2 nitrogen and oxygen atoms in total. The largest absolute Gasteiger partial charge is 0.362 e. The topological polar surface area (TPSA) is 15.3 Å². The van der Waals surface area contributed by atoms with Crippen LogP contribution in [-0.2, 0) is 0 Å². The average Bonchev–Trinajstić information content (AvgIpc) is 2.35. The lowest BCUT2D eigenvalue weighted by atomic mass is 9.84. The van der Waals surface area contributed by atoms with Gasteiger partial charge in [0.05, 0.1) is 0 Å². The Hall–Kier alpha value is -0.310. The second kappa shape index (κ2) is 7.20. The highest BCUT2D eigenvalue weighted by Gasteiger charge is 2.24. The van der Waals surface area contributed by atoms with Crippen LogP contribution < -0.4 is 5.32 Å². The van der Waals surface area contributed by atoms with E-state index >= 15 is 0 Å². The van der Waals surface area contributed by atoms with Crippen LogP contribution in [0.3, 0.4) is 0 Å². The highest BCUT2D eigenvalue weighted by atomic mass is 32.1. The van der Waals surface area contributed by atoms with Crippen molar-refractivity contribution in [1.29, 1.82) is 0 Å². The van der Waals surface area contributed by atoms with Gasteiger partial charge in [-0.25, -0.2) is 0 Å². The third-order valence-corrected chi connectivity index (χ3v) is 4.36. The second-order valence-corrected chi connectivity index (χ2v) is 6.16. The van der Waals surface area contributed by atoms with Gasteiger partial charge in [-0.3, -0.25) is 0 Å². The van der Waals surface area contributed by atoms with E-state index < -0.39 is 0 Å². The lowest BCUT2D eigenvalue weighted by molar-refractivity contribution is 0.224. The summed E-state index contributed by atoms with van der Waals surface area (Å²) >= 11 is 5.45. The molecule has 17 heavy (non-hydrogen) atoms. The predicted molar refractivity (Wildman–Crippen MR) is 79.2 cm³/mol. The minimum Gasteiger partial charge on any atom is -0.362 e. The van der Waals surface area contributed by atoms with Crippen LogP contribution in [0.2, 0.25) is 0 Å². The van der Waals surface area contributed by atoms with Crippen LogP contribution >= 0.6 is 12.2 Å². The van der Waals surface area contributed by atoms with Gasteiger partial charge >= 0.3 is 0 Å². The molecular formula is C14H28N2S. The van der Waals surface area contributed by atoms with Crippen molar-refractivity contribution < 1.29 is 0 Å². The number of nitrogens with zero attached hydrogens (tertiary/aromatic N) is 1. The van der Waals surface area contributed by atoms with Gasteiger partial charge in [-0.2, -0.15) is 0 Å². The molecule has 1 aliphatic carbocycles. The van der Waals surface area contributed by atoms with Crippen molar-refractivity contribution in [3.8, 4) is 0 Å². The maximum absolute atomic E-state index is 5.45. The van der Waals surface area contributed by atoms with Crippen molar-refractivity contribution in [2.45, 2.75) is 58.9 Å². The van der Waals surface area contributed by atoms with Gasteiger partial charge < -0.3 is 10.2 Å². The van der Waals surface area contributed by atoms with Gasteiger partial charge in [-0.05, 0) is 49.7 Å². The molecular weight excluding hydrogens is 228 g/mol. The Kier molecular flexibility index (Phi) is 6.24. The molecule has 1 rings (SSSR count). The van der Waals surface area contributed by atoms with Crippen molar-refractivity contribution in [1.82, 2.24) is 10.2 Å². The Morgan fingerprint density at radius 2 is 1.88 bits per heavy atom. The molecule has 0 aromatic carbocycles. The smallest absolute Gasteiger partial charge is 0.168 e. The van der Waals surface area contributed by atoms with Gasteiger partial charge in [0.1, 0.15) is 0 Å². The van der Waals surface area contributed by atoms with E-state index in [4.69, 9.17) is 12.2 Å². The van der Waals surface area contributed by atoms with E-state index in [1.54, 1.807) is 0 Å². The fraction of sp³-hybridized carbons (Fsp3) is 0.929. The van der Waals surface area contributed by atoms with Gasteiger partial charge in [0.2, 0.25) is 0 Å². The minimum atomic E-state index is 0.650. The minimum absolute atomic E-state index is 0.650. The third-order valence-electron chi connectivity index (χ3n) is 3.92. The van der Waals surface area contributed by atoms with Crippen LogP contribution in [0.4, 0.5) is 0 Å². The lowest BCUT2D eigenvalue weighted by Crippen LogP contribution is -2.45. The first-order valence-electron chi connectivity index (χ1n) is 7.05. The van der Waals surface area contributed by atoms with Crippen molar-refractivity contribution in [3.05, 3.63) is 0 Å². The zero-order valence-corrected chi connectivity index (χ0v) is 12.6. The Bertz CT molecular complexity index is 232. The normalized spacial score (nSPS) is 24.8. The van der Waals surface area contributed by atoms with E-state index in [1.165, 1.54) is 32.1 Å². The highest BCUT2D eigenvalue weighted by molar-refractivity contribution is 7.80. The molecule has 0 heterocycles. The summed E-state index contributed by atoms with van der Waals surface area (Å²) in [7, 11) is 2.15. The van der Waals surface area contributed by atoms with Gasteiger partial charge in [0.25, 0.3) is 0 Å². The lowest BCUT2D eigenvalue weighted by Gasteiger charge is -2.36. The highest BCUT2D eigenvalue weighted by Crippen LogP contribution is 2.28. The quantitative estimate of drug-likeness (QED) is 0.776.